The maximum Gasteiger partial charge on any atom is 0.323 e. The van der Waals surface area contributed by atoms with Crippen molar-refractivity contribution in [2.24, 2.45) is 0 Å². The second-order valence-corrected chi connectivity index (χ2v) is 7.59. The summed E-state index contributed by atoms with van der Waals surface area (Å²) < 4.78 is 11.3. The zero-order valence-corrected chi connectivity index (χ0v) is 18.2. The van der Waals surface area contributed by atoms with E-state index in [1.54, 1.807) is 25.3 Å². The summed E-state index contributed by atoms with van der Waals surface area (Å²) in [5, 5.41) is 22.0. The Balaban J connectivity index is 1.74. The maximum atomic E-state index is 11.0. The Morgan fingerprint density at radius 1 is 0.968 bits per heavy atom. The van der Waals surface area contributed by atoms with Crippen LogP contribution in [0, 0.1) is 0 Å². The van der Waals surface area contributed by atoms with Gasteiger partial charge in [0.15, 0.2) is 0 Å². The molecule has 1 unspecified atom stereocenters. The molecule has 3 rings (SSSR count). The zero-order valence-electron chi connectivity index (χ0n) is 16.6. The molecule has 31 heavy (non-hydrogen) atoms. The van der Waals surface area contributed by atoms with E-state index >= 15 is 0 Å². The van der Waals surface area contributed by atoms with Gasteiger partial charge in [0, 0.05) is 22.2 Å². The molecule has 0 bridgehead atoms. The monoisotopic (exact) mass is 461 g/mol. The molecule has 3 aromatic carbocycles. The molecule has 0 fully saturated rings. The predicted octanol–water partition coefficient (Wildman–Crippen LogP) is 5.00. The average Bonchev–Trinajstić information content (AvgIpc) is 2.74. The van der Waals surface area contributed by atoms with Gasteiger partial charge in [-0.25, -0.2) is 0 Å². The van der Waals surface area contributed by atoms with Gasteiger partial charge in [0.25, 0.3) is 0 Å². The molecule has 0 aliphatic carbocycles. The van der Waals surface area contributed by atoms with E-state index in [1.165, 1.54) is 0 Å². The minimum absolute atomic E-state index is 0.246. The first-order valence-corrected chi connectivity index (χ1v) is 10.1. The van der Waals surface area contributed by atoms with Gasteiger partial charge in [0.05, 0.1) is 13.7 Å². The number of benzene rings is 3. The summed E-state index contributed by atoms with van der Waals surface area (Å²) in [7, 11) is 1.55. The molecule has 0 saturated carbocycles. The molecule has 1 atom stereocenters. The lowest BCUT2D eigenvalue weighted by Gasteiger charge is -2.15. The van der Waals surface area contributed by atoms with Crippen LogP contribution in [-0.4, -0.2) is 35.9 Å². The summed E-state index contributed by atoms with van der Waals surface area (Å²) in [4.78, 5) is 11.0. The summed E-state index contributed by atoms with van der Waals surface area (Å²) in [6, 6.07) is 17.1. The van der Waals surface area contributed by atoms with Gasteiger partial charge in [-0.15, -0.1) is 0 Å². The van der Waals surface area contributed by atoms with Crippen molar-refractivity contribution in [1.29, 1.82) is 0 Å². The van der Waals surface area contributed by atoms with Crippen LogP contribution in [0.3, 0.4) is 0 Å². The molecule has 8 heteroatoms. The van der Waals surface area contributed by atoms with Crippen molar-refractivity contribution in [2.75, 3.05) is 13.7 Å². The van der Waals surface area contributed by atoms with Crippen LogP contribution in [0.4, 0.5) is 0 Å². The maximum absolute atomic E-state index is 11.0. The number of aliphatic hydroxyl groups is 1. The quantitative estimate of drug-likeness (QED) is 0.415. The van der Waals surface area contributed by atoms with Gasteiger partial charge in [-0.1, -0.05) is 47.5 Å². The van der Waals surface area contributed by atoms with Crippen molar-refractivity contribution in [3.05, 3.63) is 76.3 Å². The summed E-state index contributed by atoms with van der Waals surface area (Å²) in [5.74, 6) is 0.686. The second-order valence-electron chi connectivity index (χ2n) is 6.71. The molecule has 0 saturated heterocycles. The van der Waals surface area contributed by atoms with Gasteiger partial charge in [-0.3, -0.25) is 10.1 Å². The fourth-order valence-electron chi connectivity index (χ4n) is 2.97. The lowest BCUT2D eigenvalue weighted by Crippen LogP contribution is -2.39. The predicted molar refractivity (Wildman–Crippen MR) is 120 cm³/mol. The largest absolute Gasteiger partial charge is 0.496 e. The highest BCUT2D eigenvalue weighted by Crippen LogP contribution is 2.31. The Hall–Kier alpha value is -2.77. The van der Waals surface area contributed by atoms with E-state index in [9.17, 15) is 4.79 Å². The van der Waals surface area contributed by atoms with Crippen LogP contribution in [0.5, 0.6) is 17.2 Å². The summed E-state index contributed by atoms with van der Waals surface area (Å²) in [6.45, 7) is -0.249. The first kappa shape index (κ1) is 22.9. The highest BCUT2D eigenvalue weighted by Gasteiger charge is 2.16. The van der Waals surface area contributed by atoms with Gasteiger partial charge in [-0.05, 0) is 47.5 Å². The lowest BCUT2D eigenvalue weighted by molar-refractivity contribution is -0.140. The van der Waals surface area contributed by atoms with E-state index in [0.29, 0.717) is 27.3 Å². The van der Waals surface area contributed by atoms with Gasteiger partial charge in [0.1, 0.15) is 23.3 Å². The van der Waals surface area contributed by atoms with Crippen molar-refractivity contribution < 1.29 is 24.5 Å². The molecule has 0 amide bonds. The molecule has 0 aliphatic rings. The number of aliphatic carboxylic acids is 1. The highest BCUT2D eigenvalue weighted by molar-refractivity contribution is 6.34. The first-order valence-electron chi connectivity index (χ1n) is 9.38. The summed E-state index contributed by atoms with van der Waals surface area (Å²) in [5.41, 5.74) is 2.66. The Kier molecular flexibility index (Phi) is 7.76. The number of ether oxygens (including phenoxy) is 2. The molecule has 6 nitrogen and oxygen atoms in total. The summed E-state index contributed by atoms with van der Waals surface area (Å²) in [6.07, 6.45) is 0. The Morgan fingerprint density at radius 2 is 1.61 bits per heavy atom. The molecular weight excluding hydrogens is 441 g/mol. The number of rotatable bonds is 9. The third kappa shape index (κ3) is 6.12. The van der Waals surface area contributed by atoms with Crippen molar-refractivity contribution in [3.8, 4) is 28.4 Å². The zero-order chi connectivity index (χ0) is 22.4. The number of carbonyl (C=O) groups is 1. The van der Waals surface area contributed by atoms with E-state index in [2.05, 4.69) is 5.32 Å². The Morgan fingerprint density at radius 3 is 2.19 bits per heavy atom. The molecular formula is C23H21Cl2NO5. The van der Waals surface area contributed by atoms with Gasteiger partial charge >= 0.3 is 5.97 Å². The van der Waals surface area contributed by atoms with Crippen molar-refractivity contribution >= 4 is 29.2 Å². The highest BCUT2D eigenvalue weighted by atomic mass is 35.5. The number of halogens is 2. The van der Waals surface area contributed by atoms with Crippen LogP contribution in [-0.2, 0) is 11.3 Å². The lowest BCUT2D eigenvalue weighted by atomic mass is 10.0. The number of carboxylic acid groups (broad SMARTS) is 1. The standard InChI is InChI=1S/C23H21Cl2NO5/c1-30-22-8-15(2-3-16(22)12-26-21(13-27)23(28)29)14-4-6-19(7-5-14)31-20-10-17(24)9-18(25)11-20/h2-11,21,26-27H,12-13H2,1H3,(H,28,29). The molecule has 0 aliphatic heterocycles. The van der Waals surface area contributed by atoms with E-state index in [0.717, 1.165) is 16.7 Å². The molecule has 0 spiro atoms. The van der Waals surface area contributed by atoms with E-state index in [1.807, 2.05) is 42.5 Å². The minimum Gasteiger partial charge on any atom is -0.496 e. The van der Waals surface area contributed by atoms with Crippen LogP contribution >= 0.6 is 23.2 Å². The number of carboxylic acids is 1. The topological polar surface area (TPSA) is 88.0 Å². The van der Waals surface area contributed by atoms with Crippen LogP contribution in [0.15, 0.2) is 60.7 Å². The van der Waals surface area contributed by atoms with Crippen LogP contribution < -0.4 is 14.8 Å². The third-order valence-corrected chi connectivity index (χ3v) is 5.00. The fraction of sp³-hybridized carbons (Fsp3) is 0.174. The molecule has 0 heterocycles. The number of aliphatic hydroxyl groups excluding tert-OH is 1. The van der Waals surface area contributed by atoms with Gasteiger partial charge in [0.2, 0.25) is 0 Å². The molecule has 0 aromatic heterocycles. The van der Waals surface area contributed by atoms with Crippen molar-refractivity contribution in [1.82, 2.24) is 5.32 Å². The minimum atomic E-state index is -1.11. The van der Waals surface area contributed by atoms with Crippen LogP contribution in [0.25, 0.3) is 11.1 Å². The van der Waals surface area contributed by atoms with Crippen molar-refractivity contribution in [3.63, 3.8) is 0 Å². The number of hydrogen-bond donors (Lipinski definition) is 3. The second kappa shape index (κ2) is 10.5. The SMILES string of the molecule is COc1cc(-c2ccc(Oc3cc(Cl)cc(Cl)c3)cc2)ccc1CNC(CO)C(=O)O. The number of methoxy groups -OCH3 is 1. The van der Waals surface area contributed by atoms with Gasteiger partial charge < -0.3 is 19.7 Å². The molecule has 3 N–H and O–H groups in total. The third-order valence-electron chi connectivity index (χ3n) is 4.57. The fourth-order valence-corrected chi connectivity index (χ4v) is 3.48. The first-order chi connectivity index (χ1) is 14.9. The number of hydrogen-bond acceptors (Lipinski definition) is 5. The normalized spacial score (nSPS) is 11.7. The number of nitrogens with one attached hydrogen (secondary N) is 1. The van der Waals surface area contributed by atoms with Crippen molar-refractivity contribution in [2.45, 2.75) is 12.6 Å². The Bertz CT molecular complexity index is 1040. The smallest absolute Gasteiger partial charge is 0.323 e. The van der Waals surface area contributed by atoms with Crippen LogP contribution in [0.2, 0.25) is 10.0 Å². The molecule has 3 aromatic rings. The van der Waals surface area contributed by atoms with Crippen LogP contribution in [0.1, 0.15) is 5.56 Å². The molecule has 162 valence electrons. The Labute approximate surface area is 190 Å². The van der Waals surface area contributed by atoms with Gasteiger partial charge in [-0.2, -0.15) is 0 Å². The average molecular weight is 462 g/mol. The molecule has 0 radical (unpaired) electrons. The van der Waals surface area contributed by atoms with E-state index in [-0.39, 0.29) is 6.54 Å². The van der Waals surface area contributed by atoms with E-state index in [4.69, 9.17) is 42.9 Å². The summed E-state index contributed by atoms with van der Waals surface area (Å²) >= 11 is 12.0. The van der Waals surface area contributed by atoms with E-state index < -0.39 is 18.6 Å².